The molecule has 0 atom stereocenters. The van der Waals surface area contributed by atoms with Crippen molar-refractivity contribution in [3.63, 3.8) is 0 Å². The number of rotatable bonds is 2. The van der Waals surface area contributed by atoms with E-state index in [0.717, 1.165) is 0 Å². The van der Waals surface area contributed by atoms with E-state index in [-0.39, 0.29) is 0 Å². The molecule has 0 fully saturated rings. The maximum atomic E-state index is 12.9. The molecule has 0 aromatic heterocycles. The van der Waals surface area contributed by atoms with Crippen LogP contribution in [0.5, 0.6) is 5.75 Å². The topological polar surface area (TPSA) is 9.23 Å². The Bertz CT molecular complexity index is 347. The number of hydrogen-bond donors (Lipinski definition) is 0. The Morgan fingerprint density at radius 2 is 1.44 bits per heavy atom. The first kappa shape index (κ1) is 15.6. The zero-order chi connectivity index (χ0) is 12.9. The van der Waals surface area contributed by atoms with Gasteiger partial charge in [0.2, 0.25) is 0 Å². The van der Waals surface area contributed by atoms with Gasteiger partial charge in [0.05, 0.1) is 35.1 Å². The van der Waals surface area contributed by atoms with Gasteiger partial charge in [0.1, 0.15) is 0 Å². The van der Waals surface area contributed by atoms with Crippen LogP contribution in [0, 0.1) is 29.3 Å². The molecule has 92 valence electrons. The molecule has 0 saturated carbocycles. The summed E-state index contributed by atoms with van der Waals surface area (Å²) in [5.74, 6) is -7.39. The van der Waals surface area contributed by atoms with Crippen molar-refractivity contribution in [3.05, 3.63) is 29.3 Å². The summed E-state index contributed by atoms with van der Waals surface area (Å²) >= 11 is 1.44. The molecule has 0 saturated heterocycles. The first-order valence-corrected chi connectivity index (χ1v) is 7.39. The Morgan fingerprint density at radius 1 is 1.06 bits per heavy atom. The van der Waals surface area contributed by atoms with Crippen molar-refractivity contribution in [3.8, 4) is 5.75 Å². The van der Waals surface area contributed by atoms with Gasteiger partial charge in [-0.25, -0.2) is 8.78 Å². The summed E-state index contributed by atoms with van der Waals surface area (Å²) in [5, 5.41) is 0. The van der Waals surface area contributed by atoms with Crippen LogP contribution in [-0.2, 0) is 16.8 Å². The molecule has 0 spiro atoms. The molecule has 0 amide bonds. The molecule has 0 heterocycles. The van der Waals surface area contributed by atoms with Crippen LogP contribution in [-0.4, -0.2) is 6.10 Å². The summed E-state index contributed by atoms with van der Waals surface area (Å²) in [6, 6.07) is 1.26. The van der Waals surface area contributed by atoms with Crippen molar-refractivity contribution in [1.29, 1.82) is 0 Å². The molecule has 1 rings (SSSR count). The van der Waals surface area contributed by atoms with Gasteiger partial charge in [-0.3, -0.25) is 8.78 Å². The first-order valence-electron chi connectivity index (χ1n) is 3.99. The molecular formula is C9H7F4OOsS-. The van der Waals surface area contributed by atoms with E-state index in [2.05, 4.69) is 14.8 Å². The molecule has 1 aromatic rings. The summed E-state index contributed by atoms with van der Waals surface area (Å²) in [4.78, 5) is 0. The molecule has 7 heteroatoms. The average Bonchev–Trinajstić information content (AvgIpc) is 2.24. The molecular weight excluding hydrogens is 422 g/mol. The van der Waals surface area contributed by atoms with Crippen LogP contribution in [0.3, 0.4) is 0 Å². The second-order valence-electron chi connectivity index (χ2n) is 2.88. The Balaban J connectivity index is 0.00000106. The van der Waals surface area contributed by atoms with Crippen molar-refractivity contribution >= 4 is 10.1 Å². The Kier molecular flexibility index (Phi) is 6.85. The quantitative estimate of drug-likeness (QED) is 0.405. The number of halogens is 4. The molecule has 0 aliphatic rings. The van der Waals surface area contributed by atoms with Crippen LogP contribution in [0.15, 0.2) is 0 Å². The van der Waals surface area contributed by atoms with E-state index in [1.807, 2.05) is 0 Å². The van der Waals surface area contributed by atoms with Crippen LogP contribution in [0.25, 0.3) is 0 Å². The van der Waals surface area contributed by atoms with E-state index < -0.39 is 35.1 Å². The van der Waals surface area contributed by atoms with Crippen molar-refractivity contribution in [1.82, 2.24) is 0 Å². The molecule has 1 aromatic carbocycles. The summed E-state index contributed by atoms with van der Waals surface area (Å²) in [6.07, 6.45) is -0.583. The van der Waals surface area contributed by atoms with E-state index >= 15 is 0 Å². The first-order chi connectivity index (χ1) is 7.43. The van der Waals surface area contributed by atoms with Crippen LogP contribution in [0.2, 0.25) is 0 Å². The van der Waals surface area contributed by atoms with Crippen LogP contribution in [0.1, 0.15) is 13.8 Å². The van der Waals surface area contributed by atoms with Gasteiger partial charge in [-0.2, -0.15) is 0 Å². The summed E-state index contributed by atoms with van der Waals surface area (Å²) in [6.45, 7) is 2.96. The zero-order valence-electron chi connectivity index (χ0n) is 8.26. The number of hydrogen-bond acceptors (Lipinski definition) is 2. The molecule has 0 radical (unpaired) electrons. The maximum absolute atomic E-state index is 12.9. The van der Waals surface area contributed by atoms with Crippen LogP contribution >= 0.6 is 10.1 Å². The van der Waals surface area contributed by atoms with Crippen molar-refractivity contribution in [2.75, 3.05) is 0 Å². The van der Waals surface area contributed by atoms with Crippen molar-refractivity contribution in [2.24, 2.45) is 0 Å². The Morgan fingerprint density at radius 3 is 1.75 bits per heavy atom. The molecule has 1 nitrogen and oxygen atoms in total. The summed E-state index contributed by atoms with van der Waals surface area (Å²) in [5.41, 5.74) is 0. The minimum atomic E-state index is -1.60. The summed E-state index contributed by atoms with van der Waals surface area (Å²) < 4.78 is 55.4. The normalized spacial score (nSPS) is 9.75. The van der Waals surface area contributed by atoms with Gasteiger partial charge in [0.25, 0.3) is 0 Å². The predicted octanol–water partition coefficient (Wildman–Crippen LogP) is 3.48. The number of ether oxygens (including phenoxy) is 1. The van der Waals surface area contributed by atoms with E-state index in [1.165, 1.54) is 36.8 Å². The van der Waals surface area contributed by atoms with E-state index in [1.54, 1.807) is 0 Å². The molecule has 0 unspecified atom stereocenters. The fraction of sp³-hybridized carbons (Fsp3) is 0.333. The van der Waals surface area contributed by atoms with E-state index in [0.29, 0.717) is 0 Å². The molecule has 0 N–H and O–H groups in total. The molecule has 16 heavy (non-hydrogen) atoms. The molecule has 0 aliphatic carbocycles. The Hall–Kier alpha value is -0.404. The standard InChI is InChI=1S/C9H7F4O.Os.S/c1-4(2)14-9-7(12)5(10)3-6(11)8(9)13;;/h4H,1-2H3;;/q-1;;. The van der Waals surface area contributed by atoms with Crippen molar-refractivity contribution in [2.45, 2.75) is 20.0 Å². The average molecular weight is 429 g/mol. The summed E-state index contributed by atoms with van der Waals surface area (Å²) in [7, 11) is 4.11. The minimum absolute atomic E-state index is 0.583. The zero-order valence-corrected chi connectivity index (χ0v) is 11.6. The monoisotopic (exact) mass is 431 g/mol. The van der Waals surface area contributed by atoms with Gasteiger partial charge in [-0.05, 0) is 13.8 Å². The van der Waals surface area contributed by atoms with Crippen LogP contribution < -0.4 is 4.74 Å². The van der Waals surface area contributed by atoms with Gasteiger partial charge in [-0.15, -0.1) is 6.07 Å². The predicted molar refractivity (Wildman–Crippen MR) is 48.5 cm³/mol. The van der Waals surface area contributed by atoms with Crippen molar-refractivity contribution < 1.29 is 39.1 Å². The number of benzene rings is 1. The molecule has 0 aliphatic heterocycles. The van der Waals surface area contributed by atoms with E-state index in [4.69, 9.17) is 0 Å². The second kappa shape index (κ2) is 7.03. The van der Waals surface area contributed by atoms with Gasteiger partial charge < -0.3 is 4.74 Å². The van der Waals surface area contributed by atoms with Gasteiger partial charge in [0, 0.05) is 0 Å². The fourth-order valence-corrected chi connectivity index (χ4v) is 0.841. The van der Waals surface area contributed by atoms with Crippen LogP contribution in [0.4, 0.5) is 17.6 Å². The van der Waals surface area contributed by atoms with Gasteiger partial charge in [-0.1, -0.05) is 0 Å². The molecule has 0 bridgehead atoms. The van der Waals surface area contributed by atoms with E-state index in [9.17, 15) is 17.6 Å². The SMILES string of the molecule is CC(C)Oc1c(F)c(F)[c-]c(F)c1F.[S]=[Os]. The third-order valence-electron chi connectivity index (χ3n) is 1.36. The Labute approximate surface area is 104 Å². The third-order valence-corrected chi connectivity index (χ3v) is 1.36. The van der Waals surface area contributed by atoms with Gasteiger partial charge in [0.15, 0.2) is 0 Å². The van der Waals surface area contributed by atoms with Gasteiger partial charge >= 0.3 is 26.9 Å². The third kappa shape index (κ3) is 3.87. The second-order valence-corrected chi connectivity index (χ2v) is 2.88. The fourth-order valence-electron chi connectivity index (χ4n) is 0.841.